The van der Waals surface area contributed by atoms with Crippen LogP contribution in [0.4, 0.5) is 5.69 Å². The molecule has 0 amide bonds. The Morgan fingerprint density at radius 1 is 1.25 bits per heavy atom. The van der Waals surface area contributed by atoms with Crippen molar-refractivity contribution in [3.05, 3.63) is 35.5 Å². The van der Waals surface area contributed by atoms with E-state index >= 15 is 0 Å². The molecule has 1 aliphatic rings. The lowest BCUT2D eigenvalue weighted by molar-refractivity contribution is 0.196. The van der Waals surface area contributed by atoms with Gasteiger partial charge in [0.15, 0.2) is 0 Å². The Morgan fingerprint density at radius 2 is 2.00 bits per heavy atom. The number of benzene rings is 1. The summed E-state index contributed by atoms with van der Waals surface area (Å²) in [5.41, 5.74) is 4.00. The third kappa shape index (κ3) is 2.42. The molecule has 0 radical (unpaired) electrons. The van der Waals surface area contributed by atoms with E-state index in [0.29, 0.717) is 0 Å². The zero-order valence-corrected chi connectivity index (χ0v) is 13.2. The molecule has 1 aromatic carbocycles. The smallest absolute Gasteiger partial charge is 0.119 e. The summed E-state index contributed by atoms with van der Waals surface area (Å²) < 4.78 is 10.6. The van der Waals surface area contributed by atoms with E-state index in [-0.39, 0.29) is 5.41 Å². The predicted molar refractivity (Wildman–Crippen MR) is 83.6 cm³/mol. The average Bonchev–Trinajstić information content (AvgIpc) is 2.66. The first kappa shape index (κ1) is 14.9. The Hall–Kier alpha value is -1.48. The van der Waals surface area contributed by atoms with Gasteiger partial charge in [-0.1, -0.05) is 19.9 Å². The first-order valence-corrected chi connectivity index (χ1v) is 7.18. The maximum Gasteiger partial charge on any atom is 0.119 e. The second kappa shape index (κ2) is 5.88. The van der Waals surface area contributed by atoms with Gasteiger partial charge in [0.05, 0.1) is 7.11 Å². The monoisotopic (exact) mass is 275 g/mol. The molecule has 2 rings (SSSR count). The molecule has 3 heteroatoms. The van der Waals surface area contributed by atoms with Crippen LogP contribution in [0, 0.1) is 0 Å². The molecule has 0 spiro atoms. The number of ether oxygens (including phenoxy) is 2. The number of hydrogen-bond acceptors (Lipinski definition) is 3. The van der Waals surface area contributed by atoms with Gasteiger partial charge in [-0.2, -0.15) is 0 Å². The highest BCUT2D eigenvalue weighted by molar-refractivity contribution is 5.71. The molecule has 1 aromatic rings. The topological polar surface area (TPSA) is 21.7 Å². The van der Waals surface area contributed by atoms with Crippen LogP contribution in [0.5, 0.6) is 5.75 Å². The van der Waals surface area contributed by atoms with Gasteiger partial charge in [0.1, 0.15) is 5.75 Å². The van der Waals surface area contributed by atoms with Gasteiger partial charge in [0.2, 0.25) is 0 Å². The Kier molecular flexibility index (Phi) is 4.39. The molecule has 1 aliphatic heterocycles. The summed E-state index contributed by atoms with van der Waals surface area (Å²) in [4.78, 5) is 2.41. The van der Waals surface area contributed by atoms with Gasteiger partial charge in [-0.25, -0.2) is 0 Å². The number of anilines is 1. The van der Waals surface area contributed by atoms with Crippen molar-refractivity contribution >= 4 is 5.69 Å². The maximum absolute atomic E-state index is 5.38. The number of nitrogens with zero attached hydrogens (tertiary/aromatic N) is 1. The Labute approximate surface area is 122 Å². The fraction of sp³-hybridized carbons (Fsp3) is 0.529. The summed E-state index contributed by atoms with van der Waals surface area (Å²) in [6, 6.07) is 6.37. The van der Waals surface area contributed by atoms with Gasteiger partial charge in [0, 0.05) is 37.1 Å². The molecular formula is C17H25NO2. The molecular weight excluding hydrogens is 250 g/mol. The summed E-state index contributed by atoms with van der Waals surface area (Å²) >= 11 is 0. The zero-order chi connectivity index (χ0) is 14.8. The van der Waals surface area contributed by atoms with Crippen LogP contribution in [-0.4, -0.2) is 27.4 Å². The lowest BCUT2D eigenvalue weighted by Crippen LogP contribution is -2.27. The molecule has 20 heavy (non-hydrogen) atoms. The van der Waals surface area contributed by atoms with E-state index in [1.54, 1.807) is 14.2 Å². The molecule has 0 aromatic heterocycles. The summed E-state index contributed by atoms with van der Waals surface area (Å²) in [6.45, 7) is 8.44. The van der Waals surface area contributed by atoms with Gasteiger partial charge >= 0.3 is 0 Å². The molecule has 0 fully saturated rings. The van der Waals surface area contributed by atoms with Crippen molar-refractivity contribution in [2.45, 2.75) is 32.6 Å². The van der Waals surface area contributed by atoms with E-state index in [1.807, 2.05) is 6.07 Å². The van der Waals surface area contributed by atoms with Gasteiger partial charge in [0.25, 0.3) is 0 Å². The number of hydrogen-bond donors (Lipinski definition) is 0. The van der Waals surface area contributed by atoms with E-state index in [4.69, 9.17) is 9.47 Å². The van der Waals surface area contributed by atoms with E-state index < -0.39 is 0 Å². The van der Waals surface area contributed by atoms with Crippen molar-refractivity contribution < 1.29 is 9.47 Å². The second-order valence-corrected chi connectivity index (χ2v) is 5.68. The summed E-state index contributed by atoms with van der Waals surface area (Å²) in [6.07, 6.45) is 3.24. The minimum atomic E-state index is 0.0195. The lowest BCUT2D eigenvalue weighted by Gasteiger charge is -2.26. The highest BCUT2D eigenvalue weighted by Gasteiger charge is 2.39. The van der Waals surface area contributed by atoms with Crippen LogP contribution in [0.15, 0.2) is 30.0 Å². The molecule has 3 nitrogen and oxygen atoms in total. The lowest BCUT2D eigenvalue weighted by atomic mass is 9.84. The van der Waals surface area contributed by atoms with Crippen molar-refractivity contribution in [1.82, 2.24) is 0 Å². The number of methoxy groups -OCH3 is 2. The fourth-order valence-electron chi connectivity index (χ4n) is 3.11. The van der Waals surface area contributed by atoms with E-state index in [0.717, 1.165) is 25.3 Å². The average molecular weight is 275 g/mol. The van der Waals surface area contributed by atoms with Crippen LogP contribution < -0.4 is 9.64 Å². The summed E-state index contributed by atoms with van der Waals surface area (Å²) in [5.74, 6) is 0.922. The molecule has 0 N–H and O–H groups in total. The molecule has 0 saturated carbocycles. The largest absolute Gasteiger partial charge is 0.497 e. The predicted octanol–water partition coefficient (Wildman–Crippen LogP) is 3.73. The van der Waals surface area contributed by atoms with Crippen molar-refractivity contribution in [3.63, 3.8) is 0 Å². The van der Waals surface area contributed by atoms with E-state index in [1.165, 1.54) is 16.9 Å². The molecule has 0 unspecified atom stereocenters. The van der Waals surface area contributed by atoms with Crippen LogP contribution in [0.25, 0.3) is 0 Å². The van der Waals surface area contributed by atoms with Crippen LogP contribution in [0.2, 0.25) is 0 Å². The molecule has 0 saturated heterocycles. The van der Waals surface area contributed by atoms with Crippen LogP contribution in [-0.2, 0) is 10.2 Å². The highest BCUT2D eigenvalue weighted by atomic mass is 16.5. The molecule has 110 valence electrons. The Balaban J connectivity index is 2.40. The molecule has 0 aliphatic carbocycles. The summed E-state index contributed by atoms with van der Waals surface area (Å²) in [5, 5.41) is 0. The Morgan fingerprint density at radius 3 is 2.60 bits per heavy atom. The Bertz CT molecular complexity index is 506. The minimum Gasteiger partial charge on any atom is -0.497 e. The standard InChI is InChI=1S/C17H25NO2/c1-6-16-17(2,3)14-12-13(20-5)8-9-15(14)18(16)10-7-11-19-4/h6,8-9,12H,7,10-11H2,1-5H3/b16-6+. The fourth-order valence-corrected chi connectivity index (χ4v) is 3.11. The molecule has 0 atom stereocenters. The number of allylic oxidation sites excluding steroid dienone is 2. The van der Waals surface area contributed by atoms with Crippen LogP contribution in [0.1, 0.15) is 32.8 Å². The van der Waals surface area contributed by atoms with Crippen LogP contribution >= 0.6 is 0 Å². The highest BCUT2D eigenvalue weighted by Crippen LogP contribution is 2.48. The van der Waals surface area contributed by atoms with Crippen molar-refractivity contribution in [1.29, 1.82) is 0 Å². The van der Waals surface area contributed by atoms with Gasteiger partial charge in [-0.15, -0.1) is 0 Å². The molecule has 1 heterocycles. The maximum atomic E-state index is 5.38. The third-order valence-corrected chi connectivity index (χ3v) is 4.10. The third-order valence-electron chi connectivity index (χ3n) is 4.10. The number of rotatable bonds is 5. The second-order valence-electron chi connectivity index (χ2n) is 5.68. The van der Waals surface area contributed by atoms with E-state index in [2.05, 4.69) is 43.9 Å². The zero-order valence-electron chi connectivity index (χ0n) is 13.2. The normalized spacial score (nSPS) is 18.4. The van der Waals surface area contributed by atoms with E-state index in [9.17, 15) is 0 Å². The first-order valence-electron chi connectivity index (χ1n) is 7.18. The van der Waals surface area contributed by atoms with Crippen molar-refractivity contribution in [2.24, 2.45) is 0 Å². The van der Waals surface area contributed by atoms with Gasteiger partial charge in [-0.3, -0.25) is 0 Å². The van der Waals surface area contributed by atoms with Gasteiger partial charge < -0.3 is 14.4 Å². The first-order chi connectivity index (χ1) is 9.56. The minimum absolute atomic E-state index is 0.0195. The SMILES string of the molecule is C/C=C1/N(CCCOC)c2ccc(OC)cc2C1(C)C. The van der Waals surface area contributed by atoms with Crippen molar-refractivity contribution in [3.8, 4) is 5.75 Å². The van der Waals surface area contributed by atoms with Crippen LogP contribution in [0.3, 0.4) is 0 Å². The molecule has 0 bridgehead atoms. The quantitative estimate of drug-likeness (QED) is 0.764. The van der Waals surface area contributed by atoms with Gasteiger partial charge in [-0.05, 0) is 37.1 Å². The number of fused-ring (bicyclic) bond motifs is 1. The van der Waals surface area contributed by atoms with Crippen molar-refractivity contribution in [2.75, 3.05) is 32.3 Å². The summed E-state index contributed by atoms with van der Waals surface area (Å²) in [7, 11) is 3.47.